The molecule has 13 nitrogen and oxygen atoms in total. The molecule has 7 aliphatic rings. The molecule has 3 unspecified atom stereocenters. The second-order valence-corrected chi connectivity index (χ2v) is 19.3. The van der Waals surface area contributed by atoms with Crippen LogP contribution in [0.1, 0.15) is 88.6 Å². The lowest BCUT2D eigenvalue weighted by Gasteiger charge is -2.48. The van der Waals surface area contributed by atoms with Gasteiger partial charge in [-0.3, -0.25) is 14.9 Å². The third-order valence-electron chi connectivity index (χ3n) is 15.9. The van der Waals surface area contributed by atoms with Gasteiger partial charge < -0.3 is 30.4 Å². The van der Waals surface area contributed by atoms with Crippen molar-refractivity contribution in [2.45, 2.75) is 101 Å². The molecule has 11 rings (SSSR count). The van der Waals surface area contributed by atoms with Gasteiger partial charge in [0.05, 0.1) is 22.8 Å². The van der Waals surface area contributed by atoms with Crippen LogP contribution in [-0.2, 0) is 15.0 Å². The Morgan fingerprint density at radius 2 is 1.54 bits per heavy atom. The number of nitrogens with one attached hydrogen (secondary N) is 1. The summed E-state index contributed by atoms with van der Waals surface area (Å²) in [4.78, 5) is 45.2. The summed E-state index contributed by atoms with van der Waals surface area (Å²) >= 11 is 0. The highest BCUT2D eigenvalue weighted by Gasteiger charge is 2.70. The number of benzene rings is 2. The zero-order valence-electron chi connectivity index (χ0n) is 35.2. The number of hydrogen-bond donors (Lipinski definition) is 3. The average Bonchev–Trinajstić information content (AvgIpc) is 4.22. The van der Waals surface area contributed by atoms with Gasteiger partial charge in [0, 0.05) is 73.5 Å². The van der Waals surface area contributed by atoms with Gasteiger partial charge in [0.25, 0.3) is 0 Å². The Hall–Kier alpha value is -5.30. The number of nitrogens with two attached hydrogens (primary N) is 1. The Labute approximate surface area is 358 Å². The van der Waals surface area contributed by atoms with Crippen LogP contribution >= 0.6 is 0 Å². The molecule has 0 radical (unpaired) electrons. The number of rotatable bonds is 7. The van der Waals surface area contributed by atoms with Crippen LogP contribution in [0.4, 0.5) is 22.9 Å². The fraction of sp³-hybridized carbons (Fsp3) is 0.542. The number of nitrogens with zero attached hydrogens (tertiary/aromatic N) is 8. The maximum Gasteiger partial charge on any atom is 0.249 e. The minimum absolute atomic E-state index is 0.0760. The topological polar surface area (TPSA) is 157 Å². The van der Waals surface area contributed by atoms with E-state index in [1.165, 1.54) is 43.5 Å². The quantitative estimate of drug-likeness (QED) is 0.190. The minimum atomic E-state index is -0.285. The van der Waals surface area contributed by atoms with Crippen LogP contribution in [-0.4, -0.2) is 99.4 Å². The van der Waals surface area contributed by atoms with E-state index >= 15 is 0 Å². The number of aromatic hydroxyl groups is 1. The number of phenolic OH excluding ortho intramolecular Hbond substituents is 1. The van der Waals surface area contributed by atoms with Gasteiger partial charge in [-0.1, -0.05) is 31.2 Å². The molecule has 2 aromatic carbocycles. The molecule has 3 saturated carbocycles. The number of phenols is 1. The standard InChI is InChI=1S/C48H58N10O3/c1-29-27-56(42-25-38(53-54-45(42)49)34-6-2-5-9-43(34)59)28-31-24-35(31)48(26-36(29)48)47-50-19-16-37(51-47)30-17-20-55(21-18-30)32-10-12-33(13-11-32)57-22-23-58(40-8-4-3-7-39(40)57)41-14-15-44(60)52-46(41)61/h2-9,16,19,25,29-33,35-36,41,59H,10-15,17-18,20-24,26-28H2,1H3,(H2,49,54)(H,52,60,61)/t29-,31-,32?,33?,35?,36?,41-,48?/m0/s1. The highest BCUT2D eigenvalue weighted by molar-refractivity contribution is 6.02. The monoisotopic (exact) mass is 822 g/mol. The molecule has 2 amide bonds. The third kappa shape index (κ3) is 6.87. The van der Waals surface area contributed by atoms with Crippen molar-refractivity contribution in [3.05, 3.63) is 78.4 Å². The van der Waals surface area contributed by atoms with Crippen LogP contribution in [0.15, 0.2) is 66.9 Å². The fourth-order valence-electron chi connectivity index (χ4n) is 12.6. The smallest absolute Gasteiger partial charge is 0.249 e. The first-order chi connectivity index (χ1) is 29.7. The molecular formula is C48H58N10O3. The van der Waals surface area contributed by atoms with Gasteiger partial charge in [-0.05, 0) is 131 Å². The van der Waals surface area contributed by atoms with Crippen molar-refractivity contribution in [2.24, 2.45) is 23.7 Å². The maximum atomic E-state index is 12.8. The zero-order chi connectivity index (χ0) is 41.4. The molecule has 4 N–H and O–H groups in total. The predicted molar refractivity (Wildman–Crippen MR) is 235 cm³/mol. The number of carbonyl (C=O) groups is 2. The molecule has 2 aromatic heterocycles. The van der Waals surface area contributed by atoms with E-state index in [1.54, 1.807) is 6.07 Å². The number of imide groups is 1. The summed E-state index contributed by atoms with van der Waals surface area (Å²) in [6, 6.07) is 20.8. The summed E-state index contributed by atoms with van der Waals surface area (Å²) in [6.45, 7) is 8.14. The average molecular weight is 823 g/mol. The number of hydrogen-bond acceptors (Lipinski definition) is 12. The molecule has 3 saturated heterocycles. The Bertz CT molecular complexity index is 2330. The maximum absolute atomic E-state index is 12.8. The highest BCUT2D eigenvalue weighted by atomic mass is 16.3. The summed E-state index contributed by atoms with van der Waals surface area (Å²) < 4.78 is 0. The molecule has 13 heteroatoms. The van der Waals surface area contributed by atoms with Crippen LogP contribution in [0.25, 0.3) is 11.3 Å². The van der Waals surface area contributed by atoms with E-state index in [0.29, 0.717) is 71.6 Å². The number of para-hydroxylation sites is 3. The van der Waals surface area contributed by atoms with Gasteiger partial charge in [-0.15, -0.1) is 10.2 Å². The van der Waals surface area contributed by atoms with Crippen LogP contribution in [0.2, 0.25) is 0 Å². The third-order valence-corrected chi connectivity index (χ3v) is 15.9. The van der Waals surface area contributed by atoms with E-state index in [4.69, 9.17) is 15.7 Å². The van der Waals surface area contributed by atoms with E-state index in [0.717, 1.165) is 75.7 Å². The van der Waals surface area contributed by atoms with Gasteiger partial charge in [-0.2, -0.15) is 0 Å². The van der Waals surface area contributed by atoms with Gasteiger partial charge in [0.2, 0.25) is 11.8 Å². The minimum Gasteiger partial charge on any atom is -0.507 e. The van der Waals surface area contributed by atoms with Crippen LogP contribution < -0.4 is 25.8 Å². The summed E-state index contributed by atoms with van der Waals surface area (Å²) in [6.07, 6.45) is 12.4. The van der Waals surface area contributed by atoms with Crippen molar-refractivity contribution in [3.8, 4) is 17.0 Å². The molecule has 3 aliphatic carbocycles. The van der Waals surface area contributed by atoms with Crippen molar-refractivity contribution in [3.63, 3.8) is 0 Å². The Morgan fingerprint density at radius 1 is 0.803 bits per heavy atom. The summed E-state index contributed by atoms with van der Waals surface area (Å²) in [7, 11) is 0. The van der Waals surface area contributed by atoms with Crippen LogP contribution in [0.5, 0.6) is 5.75 Å². The van der Waals surface area contributed by atoms with Crippen molar-refractivity contribution in [1.29, 1.82) is 0 Å². The molecule has 318 valence electrons. The lowest BCUT2D eigenvalue weighted by Crippen LogP contribution is -2.57. The van der Waals surface area contributed by atoms with Gasteiger partial charge in [-0.25, -0.2) is 9.97 Å². The van der Waals surface area contributed by atoms with Crippen molar-refractivity contribution < 1.29 is 14.7 Å². The second-order valence-electron chi connectivity index (χ2n) is 19.3. The summed E-state index contributed by atoms with van der Waals surface area (Å²) in [5, 5.41) is 21.8. The fourth-order valence-corrected chi connectivity index (χ4v) is 12.6. The summed E-state index contributed by atoms with van der Waals surface area (Å²) in [5.74, 6) is 3.96. The number of aromatic nitrogens is 4. The second kappa shape index (κ2) is 15.3. The van der Waals surface area contributed by atoms with Gasteiger partial charge in [0.15, 0.2) is 5.82 Å². The molecule has 6 heterocycles. The van der Waals surface area contributed by atoms with Crippen molar-refractivity contribution in [1.82, 2.24) is 30.4 Å². The van der Waals surface area contributed by atoms with Crippen LogP contribution in [0, 0.1) is 23.7 Å². The first-order valence-electron chi connectivity index (χ1n) is 22.9. The number of anilines is 4. The number of piperidine rings is 2. The van der Waals surface area contributed by atoms with Crippen molar-refractivity contribution >= 4 is 34.7 Å². The molecule has 6 fully saturated rings. The lowest BCUT2D eigenvalue weighted by molar-refractivity contribution is -0.134. The van der Waals surface area contributed by atoms with E-state index in [-0.39, 0.29) is 29.0 Å². The molecule has 4 aliphatic heterocycles. The molecule has 0 bridgehead atoms. The lowest BCUT2D eigenvalue weighted by atomic mass is 9.85. The normalized spacial score (nSPS) is 31.6. The number of nitrogen functional groups attached to an aromatic ring is 1. The van der Waals surface area contributed by atoms with E-state index in [9.17, 15) is 14.7 Å². The molecule has 4 aromatic rings. The largest absolute Gasteiger partial charge is 0.507 e. The van der Waals surface area contributed by atoms with Gasteiger partial charge in [0.1, 0.15) is 17.6 Å². The predicted octanol–water partition coefficient (Wildman–Crippen LogP) is 5.89. The Morgan fingerprint density at radius 3 is 2.33 bits per heavy atom. The number of carbonyl (C=O) groups excluding carboxylic acids is 2. The van der Waals surface area contributed by atoms with Crippen LogP contribution in [0.3, 0.4) is 0 Å². The van der Waals surface area contributed by atoms with E-state index in [2.05, 4.69) is 78.6 Å². The first-order valence-corrected chi connectivity index (χ1v) is 22.9. The zero-order valence-corrected chi connectivity index (χ0v) is 35.2. The number of likely N-dealkylation sites (tertiary alicyclic amines) is 1. The van der Waals surface area contributed by atoms with E-state index in [1.807, 2.05) is 24.3 Å². The molecule has 6 atom stereocenters. The number of fused-ring (bicyclic) bond motifs is 4. The molecule has 0 spiro atoms. The molecule has 61 heavy (non-hydrogen) atoms. The highest BCUT2D eigenvalue weighted by Crippen LogP contribution is 2.70. The SMILES string of the molecule is C[C@H]1CN(c2cc(-c3ccccc3O)nnc2N)C[C@@H]2CC2C2(c3nccc(C4CCN(C5CCC(N6CCN([C@H]7CCC(=O)NC7=O)c7ccccc76)CC5)CC4)n3)CC12. The number of amides is 2. The van der Waals surface area contributed by atoms with Gasteiger partial charge >= 0.3 is 0 Å². The molecular weight excluding hydrogens is 765 g/mol. The Balaban J connectivity index is 0.712. The first kappa shape index (κ1) is 38.6. The Kier molecular flexibility index (Phi) is 9.65. The van der Waals surface area contributed by atoms with E-state index < -0.39 is 0 Å². The summed E-state index contributed by atoms with van der Waals surface area (Å²) in [5.41, 5.74) is 12.4. The van der Waals surface area contributed by atoms with Crippen molar-refractivity contribution in [2.75, 3.05) is 59.7 Å².